The molecule has 0 aliphatic rings. The number of benzene rings is 2. The molecule has 4 heteroatoms. The SMILES string of the molecule is Cc1ccc(C)c(Oc2cccc(F)c2C(=O)O)c1. The Hall–Kier alpha value is -2.36. The van der Waals surface area contributed by atoms with Gasteiger partial charge in [-0.1, -0.05) is 18.2 Å². The van der Waals surface area contributed by atoms with Crippen LogP contribution in [0.3, 0.4) is 0 Å². The van der Waals surface area contributed by atoms with Gasteiger partial charge in [0.25, 0.3) is 0 Å². The second kappa shape index (κ2) is 5.10. The van der Waals surface area contributed by atoms with Gasteiger partial charge in [0.2, 0.25) is 0 Å². The zero-order valence-electron chi connectivity index (χ0n) is 10.6. The minimum atomic E-state index is -1.35. The summed E-state index contributed by atoms with van der Waals surface area (Å²) in [5, 5.41) is 9.03. The molecule has 2 rings (SSSR count). The Labute approximate surface area is 110 Å². The van der Waals surface area contributed by atoms with Gasteiger partial charge in [-0.15, -0.1) is 0 Å². The van der Waals surface area contributed by atoms with Crippen LogP contribution in [0.2, 0.25) is 0 Å². The number of hydrogen-bond acceptors (Lipinski definition) is 2. The van der Waals surface area contributed by atoms with Crippen molar-refractivity contribution in [2.75, 3.05) is 0 Å². The molecule has 0 aliphatic carbocycles. The summed E-state index contributed by atoms with van der Waals surface area (Å²) < 4.78 is 19.1. The van der Waals surface area contributed by atoms with Crippen molar-refractivity contribution in [2.24, 2.45) is 0 Å². The van der Waals surface area contributed by atoms with Gasteiger partial charge in [-0.3, -0.25) is 0 Å². The van der Waals surface area contributed by atoms with Gasteiger partial charge in [-0.2, -0.15) is 0 Å². The monoisotopic (exact) mass is 260 g/mol. The fraction of sp³-hybridized carbons (Fsp3) is 0.133. The van der Waals surface area contributed by atoms with Gasteiger partial charge in [-0.25, -0.2) is 9.18 Å². The highest BCUT2D eigenvalue weighted by atomic mass is 19.1. The van der Waals surface area contributed by atoms with E-state index in [0.29, 0.717) is 5.75 Å². The van der Waals surface area contributed by atoms with E-state index in [9.17, 15) is 9.18 Å². The molecule has 0 heterocycles. The van der Waals surface area contributed by atoms with Gasteiger partial charge in [-0.05, 0) is 43.2 Å². The predicted octanol–water partition coefficient (Wildman–Crippen LogP) is 3.93. The highest BCUT2D eigenvalue weighted by molar-refractivity contribution is 5.91. The Morgan fingerprint density at radius 1 is 1.16 bits per heavy atom. The largest absolute Gasteiger partial charge is 0.477 e. The molecule has 2 aromatic carbocycles. The third-order valence-corrected chi connectivity index (χ3v) is 2.75. The van der Waals surface area contributed by atoms with Gasteiger partial charge in [0, 0.05) is 0 Å². The Bertz CT molecular complexity index is 635. The molecule has 3 nitrogen and oxygen atoms in total. The molecule has 0 radical (unpaired) electrons. The topological polar surface area (TPSA) is 46.5 Å². The maximum atomic E-state index is 13.5. The molecule has 0 aliphatic heterocycles. The molecule has 0 atom stereocenters. The van der Waals surface area contributed by atoms with E-state index in [1.807, 2.05) is 26.0 Å². The first-order chi connectivity index (χ1) is 8.99. The number of ether oxygens (including phenoxy) is 1. The molecule has 98 valence electrons. The minimum Gasteiger partial charge on any atom is -0.477 e. The van der Waals surface area contributed by atoms with Gasteiger partial charge in [0.15, 0.2) is 0 Å². The smallest absolute Gasteiger partial charge is 0.342 e. The summed E-state index contributed by atoms with van der Waals surface area (Å²) in [5.41, 5.74) is 1.38. The van der Waals surface area contributed by atoms with E-state index >= 15 is 0 Å². The van der Waals surface area contributed by atoms with Crippen molar-refractivity contribution >= 4 is 5.97 Å². The second-order valence-electron chi connectivity index (χ2n) is 4.29. The lowest BCUT2D eigenvalue weighted by Gasteiger charge is -2.12. The molecule has 1 N–H and O–H groups in total. The second-order valence-corrected chi connectivity index (χ2v) is 4.29. The summed E-state index contributed by atoms with van der Waals surface area (Å²) in [6.45, 7) is 3.74. The maximum Gasteiger partial charge on any atom is 0.342 e. The van der Waals surface area contributed by atoms with E-state index in [4.69, 9.17) is 9.84 Å². The van der Waals surface area contributed by atoms with Crippen LogP contribution in [0.1, 0.15) is 21.5 Å². The molecule has 0 aromatic heterocycles. The predicted molar refractivity (Wildman–Crippen MR) is 69.3 cm³/mol. The minimum absolute atomic E-state index is 0.00111. The molecule has 0 bridgehead atoms. The summed E-state index contributed by atoms with van der Waals surface area (Å²) in [4.78, 5) is 11.1. The van der Waals surface area contributed by atoms with Crippen molar-refractivity contribution in [3.8, 4) is 11.5 Å². The average Bonchev–Trinajstić information content (AvgIpc) is 2.33. The first-order valence-electron chi connectivity index (χ1n) is 5.76. The number of carboxylic acid groups (broad SMARTS) is 1. The van der Waals surface area contributed by atoms with Crippen LogP contribution in [0, 0.1) is 19.7 Å². The van der Waals surface area contributed by atoms with Gasteiger partial charge in [0.1, 0.15) is 22.9 Å². The molecule has 0 unspecified atom stereocenters. The molecule has 2 aromatic rings. The van der Waals surface area contributed by atoms with Crippen LogP contribution in [0.5, 0.6) is 11.5 Å². The van der Waals surface area contributed by atoms with Crippen LogP contribution in [0.15, 0.2) is 36.4 Å². The molecule has 19 heavy (non-hydrogen) atoms. The number of carboxylic acids is 1. The quantitative estimate of drug-likeness (QED) is 0.909. The van der Waals surface area contributed by atoms with Crippen molar-refractivity contribution in [3.05, 3.63) is 58.9 Å². The van der Waals surface area contributed by atoms with Crippen molar-refractivity contribution in [2.45, 2.75) is 13.8 Å². The third kappa shape index (κ3) is 2.73. The van der Waals surface area contributed by atoms with Gasteiger partial charge in [0.05, 0.1) is 0 Å². The summed E-state index contributed by atoms with van der Waals surface area (Å²) in [6, 6.07) is 9.53. The fourth-order valence-corrected chi connectivity index (χ4v) is 1.73. The summed E-state index contributed by atoms with van der Waals surface area (Å²) in [5.74, 6) is -1.64. The molecular weight excluding hydrogens is 247 g/mol. The zero-order valence-corrected chi connectivity index (χ0v) is 10.6. The number of aryl methyl sites for hydroxylation is 2. The molecule has 0 spiro atoms. The van der Waals surface area contributed by atoms with Crippen molar-refractivity contribution in [3.63, 3.8) is 0 Å². The molecule has 0 saturated heterocycles. The lowest BCUT2D eigenvalue weighted by Crippen LogP contribution is -2.03. The van der Waals surface area contributed by atoms with E-state index in [2.05, 4.69) is 0 Å². The number of halogens is 1. The van der Waals surface area contributed by atoms with E-state index in [1.165, 1.54) is 12.1 Å². The molecule has 0 fully saturated rings. The van der Waals surface area contributed by atoms with Crippen molar-refractivity contribution < 1.29 is 19.0 Å². The van der Waals surface area contributed by atoms with Crippen molar-refractivity contribution in [1.82, 2.24) is 0 Å². The van der Waals surface area contributed by atoms with Crippen LogP contribution in [-0.4, -0.2) is 11.1 Å². The number of aromatic carboxylic acids is 1. The van der Waals surface area contributed by atoms with E-state index in [0.717, 1.165) is 17.2 Å². The first kappa shape index (κ1) is 13.1. The van der Waals surface area contributed by atoms with Gasteiger partial charge >= 0.3 is 5.97 Å². The molecule has 0 amide bonds. The van der Waals surface area contributed by atoms with Crippen molar-refractivity contribution in [1.29, 1.82) is 0 Å². The summed E-state index contributed by atoms with van der Waals surface area (Å²) >= 11 is 0. The molecular formula is C15H13FO3. The normalized spacial score (nSPS) is 10.3. The van der Waals surface area contributed by atoms with Crippen LogP contribution in [0.4, 0.5) is 4.39 Å². The highest BCUT2D eigenvalue weighted by Crippen LogP contribution is 2.30. The lowest BCUT2D eigenvalue weighted by atomic mass is 10.1. The Morgan fingerprint density at radius 2 is 1.89 bits per heavy atom. The Balaban J connectivity index is 2.46. The van der Waals surface area contributed by atoms with Crippen LogP contribution < -0.4 is 4.74 Å². The Morgan fingerprint density at radius 3 is 2.58 bits per heavy atom. The lowest BCUT2D eigenvalue weighted by molar-refractivity contribution is 0.0689. The van der Waals surface area contributed by atoms with E-state index in [-0.39, 0.29) is 5.75 Å². The van der Waals surface area contributed by atoms with Gasteiger partial charge < -0.3 is 9.84 Å². The maximum absolute atomic E-state index is 13.5. The average molecular weight is 260 g/mol. The fourth-order valence-electron chi connectivity index (χ4n) is 1.73. The van der Waals surface area contributed by atoms with Crippen LogP contribution in [-0.2, 0) is 0 Å². The first-order valence-corrected chi connectivity index (χ1v) is 5.76. The molecule has 0 saturated carbocycles. The standard InChI is InChI=1S/C15H13FO3/c1-9-6-7-10(2)13(8-9)19-12-5-3-4-11(16)14(12)15(17)18/h3-8H,1-2H3,(H,17,18). The zero-order chi connectivity index (χ0) is 14.0. The van der Waals surface area contributed by atoms with E-state index < -0.39 is 17.3 Å². The highest BCUT2D eigenvalue weighted by Gasteiger charge is 2.17. The van der Waals surface area contributed by atoms with E-state index in [1.54, 1.807) is 6.07 Å². The Kier molecular flexibility index (Phi) is 3.51. The van der Waals surface area contributed by atoms with Crippen LogP contribution >= 0.6 is 0 Å². The summed E-state index contributed by atoms with van der Waals surface area (Å²) in [6.07, 6.45) is 0. The number of carbonyl (C=O) groups is 1. The number of hydrogen-bond donors (Lipinski definition) is 1. The third-order valence-electron chi connectivity index (χ3n) is 2.75. The summed E-state index contributed by atoms with van der Waals surface area (Å²) in [7, 11) is 0. The van der Waals surface area contributed by atoms with Crippen LogP contribution in [0.25, 0.3) is 0 Å². The number of rotatable bonds is 3.